The third-order valence-electron chi connectivity index (χ3n) is 4.11. The van der Waals surface area contributed by atoms with Crippen LogP contribution in [0.15, 0.2) is 36.5 Å². The molecule has 0 radical (unpaired) electrons. The number of pyridine rings is 1. The minimum absolute atomic E-state index is 0.0381. The van der Waals surface area contributed by atoms with Crippen molar-refractivity contribution in [3.63, 3.8) is 0 Å². The molecule has 2 amide bonds. The molecule has 148 valence electrons. The van der Waals surface area contributed by atoms with E-state index < -0.39 is 36.1 Å². The van der Waals surface area contributed by atoms with Gasteiger partial charge < -0.3 is 20.1 Å². The number of Topliss-reactive ketones (excluding diaryl/α,β-unsaturated/α-hetero) is 1. The molecule has 1 heterocycles. The number of carbonyl (C=O) groups is 3. The zero-order chi connectivity index (χ0) is 20.8. The number of ketones is 1. The molecule has 1 unspecified atom stereocenters. The standard InChI is InChI=1S/C19H20FN3O5/c1-21-18(26)17(15(25)10-24)23(2)19(27)12-8-14(20)16(22-9-12)11-4-6-13(28-3)7-5-11/h4-9,17,24H,10H2,1-3H3,(H,21,26). The van der Waals surface area contributed by atoms with Crippen LogP contribution in [0.3, 0.4) is 0 Å². The van der Waals surface area contributed by atoms with Crippen molar-refractivity contribution in [2.24, 2.45) is 0 Å². The van der Waals surface area contributed by atoms with Crippen LogP contribution in [0.5, 0.6) is 5.75 Å². The third kappa shape index (κ3) is 4.32. The first kappa shape index (κ1) is 21.0. The van der Waals surface area contributed by atoms with Crippen LogP contribution in [-0.2, 0) is 9.59 Å². The van der Waals surface area contributed by atoms with Crippen molar-refractivity contribution in [1.82, 2.24) is 15.2 Å². The lowest BCUT2D eigenvalue weighted by Crippen LogP contribution is -2.52. The lowest BCUT2D eigenvalue weighted by molar-refractivity contribution is -0.135. The Labute approximate surface area is 160 Å². The van der Waals surface area contributed by atoms with Crippen LogP contribution in [0.4, 0.5) is 4.39 Å². The lowest BCUT2D eigenvalue weighted by Gasteiger charge is -2.25. The van der Waals surface area contributed by atoms with Gasteiger partial charge in [-0.2, -0.15) is 0 Å². The van der Waals surface area contributed by atoms with E-state index in [4.69, 9.17) is 9.84 Å². The summed E-state index contributed by atoms with van der Waals surface area (Å²) in [6.07, 6.45) is 1.16. The normalized spacial score (nSPS) is 11.5. The maximum absolute atomic E-state index is 14.5. The zero-order valence-corrected chi connectivity index (χ0v) is 15.6. The lowest BCUT2D eigenvalue weighted by atomic mass is 10.1. The molecule has 0 aliphatic heterocycles. The van der Waals surface area contributed by atoms with Crippen molar-refractivity contribution in [3.8, 4) is 17.0 Å². The summed E-state index contributed by atoms with van der Waals surface area (Å²) in [6, 6.07) is 6.00. The highest BCUT2D eigenvalue weighted by molar-refractivity contribution is 6.10. The Morgan fingerprint density at radius 3 is 2.43 bits per heavy atom. The molecule has 2 rings (SSSR count). The summed E-state index contributed by atoms with van der Waals surface area (Å²) < 4.78 is 19.6. The number of aliphatic hydroxyl groups is 1. The molecule has 0 aliphatic carbocycles. The van der Waals surface area contributed by atoms with Gasteiger partial charge in [-0.1, -0.05) is 0 Å². The summed E-state index contributed by atoms with van der Waals surface area (Å²) in [7, 11) is 4.02. The molecule has 0 bridgehead atoms. The van der Waals surface area contributed by atoms with Crippen LogP contribution in [-0.4, -0.2) is 66.4 Å². The van der Waals surface area contributed by atoms with E-state index in [1.54, 1.807) is 24.3 Å². The number of methoxy groups -OCH3 is 1. The molecule has 9 heteroatoms. The van der Waals surface area contributed by atoms with Crippen LogP contribution in [0, 0.1) is 5.82 Å². The van der Waals surface area contributed by atoms with Gasteiger partial charge in [0.25, 0.3) is 5.91 Å². The Morgan fingerprint density at radius 1 is 1.29 bits per heavy atom. The van der Waals surface area contributed by atoms with Crippen LogP contribution in [0.2, 0.25) is 0 Å². The second-order valence-electron chi connectivity index (χ2n) is 5.84. The summed E-state index contributed by atoms with van der Waals surface area (Å²) in [5.74, 6) is -2.56. The molecule has 8 nitrogen and oxygen atoms in total. The smallest absolute Gasteiger partial charge is 0.256 e. The predicted molar refractivity (Wildman–Crippen MR) is 98.2 cm³/mol. The largest absolute Gasteiger partial charge is 0.497 e. The molecule has 2 N–H and O–H groups in total. The maximum atomic E-state index is 14.5. The molecule has 0 saturated heterocycles. The third-order valence-corrected chi connectivity index (χ3v) is 4.11. The highest BCUT2D eigenvalue weighted by Gasteiger charge is 2.33. The first-order chi connectivity index (χ1) is 13.3. The van der Waals surface area contributed by atoms with Crippen molar-refractivity contribution in [2.75, 3.05) is 27.8 Å². The van der Waals surface area contributed by atoms with E-state index in [1.165, 1.54) is 21.2 Å². The summed E-state index contributed by atoms with van der Waals surface area (Å²) >= 11 is 0. The number of carbonyl (C=O) groups excluding carboxylic acids is 3. The van der Waals surface area contributed by atoms with Crippen molar-refractivity contribution in [2.45, 2.75) is 6.04 Å². The van der Waals surface area contributed by atoms with Crippen LogP contribution < -0.4 is 10.1 Å². The van der Waals surface area contributed by atoms with Gasteiger partial charge in [-0.15, -0.1) is 0 Å². The highest BCUT2D eigenvalue weighted by Crippen LogP contribution is 2.24. The van der Waals surface area contributed by atoms with Gasteiger partial charge in [0.1, 0.15) is 23.9 Å². The number of hydrogen-bond acceptors (Lipinski definition) is 6. The SMILES string of the molecule is CNC(=O)C(C(=O)CO)N(C)C(=O)c1cnc(-c2ccc(OC)cc2)c(F)c1. The Morgan fingerprint density at radius 2 is 1.93 bits per heavy atom. The van der Waals surface area contributed by atoms with Crippen molar-refractivity contribution in [1.29, 1.82) is 0 Å². The predicted octanol–water partition coefficient (Wildman–Crippen LogP) is 0.644. The first-order valence-corrected chi connectivity index (χ1v) is 8.26. The number of hydrogen-bond donors (Lipinski definition) is 2. The summed E-state index contributed by atoms with van der Waals surface area (Å²) in [5, 5.41) is 11.3. The fraction of sp³-hybridized carbons (Fsp3) is 0.263. The zero-order valence-electron chi connectivity index (χ0n) is 15.6. The molecule has 1 aromatic heterocycles. The number of nitrogens with zero attached hydrogens (tertiary/aromatic N) is 2. The Kier molecular flexibility index (Phi) is 6.78. The molecule has 0 saturated carbocycles. The van der Waals surface area contributed by atoms with Gasteiger partial charge in [0.2, 0.25) is 5.91 Å². The average molecular weight is 389 g/mol. The summed E-state index contributed by atoms with van der Waals surface area (Å²) in [5.41, 5.74) is 0.386. The molecule has 2 aromatic rings. The van der Waals surface area contributed by atoms with Crippen molar-refractivity contribution >= 4 is 17.6 Å². The number of ether oxygens (including phenoxy) is 1. The number of halogens is 1. The van der Waals surface area contributed by atoms with Gasteiger partial charge in [-0.3, -0.25) is 19.4 Å². The number of aromatic nitrogens is 1. The molecule has 1 atom stereocenters. The number of benzene rings is 1. The summed E-state index contributed by atoms with van der Waals surface area (Å²) in [4.78, 5) is 41.2. The minimum Gasteiger partial charge on any atom is -0.497 e. The molecular formula is C19H20FN3O5. The number of likely N-dealkylation sites (N-methyl/N-ethyl adjacent to an activating group) is 2. The number of aliphatic hydroxyl groups excluding tert-OH is 1. The number of amides is 2. The molecule has 0 aliphatic rings. The van der Waals surface area contributed by atoms with Gasteiger partial charge >= 0.3 is 0 Å². The fourth-order valence-corrected chi connectivity index (χ4v) is 2.60. The Hall–Kier alpha value is -3.33. The number of nitrogens with one attached hydrogen (secondary N) is 1. The van der Waals surface area contributed by atoms with Gasteiger partial charge in [-0.05, 0) is 30.3 Å². The molecule has 1 aromatic carbocycles. The van der Waals surface area contributed by atoms with Gasteiger partial charge in [-0.25, -0.2) is 4.39 Å². The summed E-state index contributed by atoms with van der Waals surface area (Å²) in [6.45, 7) is -0.918. The average Bonchev–Trinajstić information content (AvgIpc) is 2.72. The van der Waals surface area contributed by atoms with E-state index in [0.29, 0.717) is 11.3 Å². The quantitative estimate of drug-likeness (QED) is 0.673. The van der Waals surface area contributed by atoms with Gasteiger partial charge in [0.15, 0.2) is 11.8 Å². The van der Waals surface area contributed by atoms with Gasteiger partial charge in [0, 0.05) is 25.9 Å². The van der Waals surface area contributed by atoms with E-state index in [2.05, 4.69) is 10.3 Å². The van der Waals surface area contributed by atoms with E-state index >= 15 is 0 Å². The molecular weight excluding hydrogens is 369 g/mol. The molecule has 0 spiro atoms. The molecule has 28 heavy (non-hydrogen) atoms. The Balaban J connectivity index is 2.31. The highest BCUT2D eigenvalue weighted by atomic mass is 19.1. The van der Waals surface area contributed by atoms with Crippen LogP contribution in [0.1, 0.15) is 10.4 Å². The number of rotatable bonds is 7. The first-order valence-electron chi connectivity index (χ1n) is 8.26. The maximum Gasteiger partial charge on any atom is 0.256 e. The van der Waals surface area contributed by atoms with E-state index in [-0.39, 0.29) is 11.3 Å². The minimum atomic E-state index is -1.54. The van der Waals surface area contributed by atoms with E-state index in [1.807, 2.05) is 0 Å². The van der Waals surface area contributed by atoms with E-state index in [9.17, 15) is 18.8 Å². The fourth-order valence-electron chi connectivity index (χ4n) is 2.60. The van der Waals surface area contributed by atoms with E-state index in [0.717, 1.165) is 17.2 Å². The Bertz CT molecular complexity index is 870. The molecule has 0 fully saturated rings. The second-order valence-corrected chi connectivity index (χ2v) is 5.84. The topological polar surface area (TPSA) is 109 Å². The second kappa shape index (κ2) is 9.05. The van der Waals surface area contributed by atoms with Crippen LogP contribution in [0.25, 0.3) is 11.3 Å². The van der Waals surface area contributed by atoms with Crippen molar-refractivity contribution in [3.05, 3.63) is 47.9 Å². The van der Waals surface area contributed by atoms with Crippen molar-refractivity contribution < 1.29 is 28.6 Å². The van der Waals surface area contributed by atoms with Crippen LogP contribution >= 0.6 is 0 Å². The monoisotopic (exact) mass is 389 g/mol. The van der Waals surface area contributed by atoms with Gasteiger partial charge in [0.05, 0.1) is 12.7 Å².